The second-order valence-corrected chi connectivity index (χ2v) is 5.57. The van der Waals surface area contributed by atoms with Crippen LogP contribution < -0.4 is 10.2 Å². The molecule has 0 aliphatic rings. The van der Waals surface area contributed by atoms with E-state index in [2.05, 4.69) is 10.5 Å². The molecule has 0 atom stereocenters. The summed E-state index contributed by atoms with van der Waals surface area (Å²) in [4.78, 5) is 12.2. The van der Waals surface area contributed by atoms with Crippen molar-refractivity contribution in [2.75, 3.05) is 7.11 Å². The molecule has 0 radical (unpaired) electrons. The van der Waals surface area contributed by atoms with Gasteiger partial charge in [-0.25, -0.2) is 5.43 Å². The normalized spacial score (nSPS) is 10.7. The number of aromatic hydroxyl groups is 1. The second-order valence-electron chi connectivity index (χ2n) is 5.57. The number of methoxy groups -OCH3 is 1. The Balaban J connectivity index is 1.64. The van der Waals surface area contributed by atoms with Crippen LogP contribution in [0.5, 0.6) is 11.5 Å². The molecule has 0 saturated heterocycles. The van der Waals surface area contributed by atoms with Gasteiger partial charge >= 0.3 is 0 Å². The fourth-order valence-corrected chi connectivity index (χ4v) is 2.46. The third kappa shape index (κ3) is 4.08. The molecule has 0 bridgehead atoms. The highest BCUT2D eigenvalue weighted by Crippen LogP contribution is 2.25. The highest BCUT2D eigenvalue weighted by atomic mass is 16.5. The molecule has 3 rings (SSSR count). The van der Waals surface area contributed by atoms with Crippen LogP contribution in [0.25, 0.3) is 11.1 Å². The van der Waals surface area contributed by atoms with E-state index >= 15 is 0 Å². The summed E-state index contributed by atoms with van der Waals surface area (Å²) in [7, 11) is 1.48. The van der Waals surface area contributed by atoms with Gasteiger partial charge in [0.15, 0.2) is 11.5 Å². The van der Waals surface area contributed by atoms with Gasteiger partial charge in [-0.05, 0) is 47.0 Å². The summed E-state index contributed by atoms with van der Waals surface area (Å²) in [5.41, 5.74) is 5.76. The summed E-state index contributed by atoms with van der Waals surface area (Å²) in [6.07, 6.45) is 1.45. The van der Waals surface area contributed by atoms with E-state index in [9.17, 15) is 9.90 Å². The number of phenolic OH excluding ortho intramolecular Hbond substituents is 1. The van der Waals surface area contributed by atoms with Gasteiger partial charge in [-0.1, -0.05) is 42.5 Å². The third-order valence-electron chi connectivity index (χ3n) is 3.84. The smallest absolute Gasteiger partial charge is 0.271 e. The lowest BCUT2D eigenvalue weighted by atomic mass is 10.0. The van der Waals surface area contributed by atoms with Crippen LogP contribution >= 0.6 is 0 Å². The second kappa shape index (κ2) is 7.98. The maximum atomic E-state index is 12.2. The van der Waals surface area contributed by atoms with Gasteiger partial charge in [-0.15, -0.1) is 0 Å². The minimum atomic E-state index is -0.307. The molecule has 0 aliphatic carbocycles. The number of rotatable bonds is 5. The molecule has 0 spiro atoms. The molecule has 0 aliphatic heterocycles. The van der Waals surface area contributed by atoms with E-state index < -0.39 is 0 Å². The maximum absolute atomic E-state index is 12.2. The highest BCUT2D eigenvalue weighted by Gasteiger charge is 2.05. The summed E-state index contributed by atoms with van der Waals surface area (Å²) in [6.45, 7) is 0. The molecule has 130 valence electrons. The fourth-order valence-electron chi connectivity index (χ4n) is 2.46. The van der Waals surface area contributed by atoms with Gasteiger partial charge in [0.2, 0.25) is 0 Å². The van der Waals surface area contributed by atoms with Gasteiger partial charge in [0, 0.05) is 5.56 Å². The van der Waals surface area contributed by atoms with E-state index in [0.29, 0.717) is 16.9 Å². The molecule has 3 aromatic carbocycles. The Bertz CT molecular complexity index is 920. The van der Waals surface area contributed by atoms with Gasteiger partial charge in [-0.3, -0.25) is 4.79 Å². The number of hydrogen-bond acceptors (Lipinski definition) is 4. The number of carbonyl (C=O) groups is 1. The van der Waals surface area contributed by atoms with E-state index in [1.54, 1.807) is 24.3 Å². The van der Waals surface area contributed by atoms with Crippen molar-refractivity contribution in [3.05, 3.63) is 83.9 Å². The summed E-state index contributed by atoms with van der Waals surface area (Å²) < 4.78 is 4.98. The Labute approximate surface area is 151 Å². The first-order valence-corrected chi connectivity index (χ1v) is 8.03. The van der Waals surface area contributed by atoms with Crippen molar-refractivity contribution >= 4 is 12.1 Å². The Morgan fingerprint density at radius 3 is 2.35 bits per heavy atom. The average molecular weight is 346 g/mol. The lowest BCUT2D eigenvalue weighted by molar-refractivity contribution is 0.0955. The van der Waals surface area contributed by atoms with Crippen molar-refractivity contribution < 1.29 is 14.6 Å². The Morgan fingerprint density at radius 2 is 1.69 bits per heavy atom. The number of nitrogens with zero attached hydrogens (tertiary/aromatic N) is 1. The summed E-state index contributed by atoms with van der Waals surface area (Å²) >= 11 is 0. The predicted octanol–water partition coefficient (Wildman–Crippen LogP) is 3.83. The van der Waals surface area contributed by atoms with E-state index in [1.807, 2.05) is 42.5 Å². The van der Waals surface area contributed by atoms with E-state index in [0.717, 1.165) is 11.1 Å². The van der Waals surface area contributed by atoms with Gasteiger partial charge in [0.25, 0.3) is 5.91 Å². The summed E-state index contributed by atoms with van der Waals surface area (Å²) in [5, 5.41) is 13.6. The number of phenols is 1. The van der Waals surface area contributed by atoms with Crippen LogP contribution in [-0.2, 0) is 0 Å². The highest BCUT2D eigenvalue weighted by molar-refractivity contribution is 5.95. The lowest BCUT2D eigenvalue weighted by Crippen LogP contribution is -2.17. The van der Waals surface area contributed by atoms with Crippen LogP contribution in [0.15, 0.2) is 77.9 Å². The molecule has 0 aromatic heterocycles. The van der Waals surface area contributed by atoms with Gasteiger partial charge in [-0.2, -0.15) is 5.10 Å². The standard InChI is InChI=1S/C21H18N2O3/c1-26-20-12-7-15(13-19(20)24)14-22-23-21(25)18-10-8-17(9-11-18)16-5-3-2-4-6-16/h2-14,24H,1H3,(H,23,25). The minimum Gasteiger partial charge on any atom is -0.504 e. The number of benzene rings is 3. The van der Waals surface area contributed by atoms with Crippen molar-refractivity contribution in [2.45, 2.75) is 0 Å². The molecule has 3 aromatic rings. The van der Waals surface area contributed by atoms with Crippen LogP contribution in [0.3, 0.4) is 0 Å². The van der Waals surface area contributed by atoms with E-state index in [4.69, 9.17) is 4.74 Å². The topological polar surface area (TPSA) is 70.9 Å². The number of ether oxygens (including phenoxy) is 1. The van der Waals surface area contributed by atoms with Crippen molar-refractivity contribution in [3.63, 3.8) is 0 Å². The van der Waals surface area contributed by atoms with Gasteiger partial charge < -0.3 is 9.84 Å². The first-order valence-electron chi connectivity index (χ1n) is 8.03. The van der Waals surface area contributed by atoms with E-state index in [-0.39, 0.29) is 11.7 Å². The first kappa shape index (κ1) is 17.2. The molecule has 1 amide bonds. The van der Waals surface area contributed by atoms with E-state index in [1.165, 1.54) is 19.4 Å². The molecule has 0 heterocycles. The van der Waals surface area contributed by atoms with Crippen LogP contribution in [0.1, 0.15) is 15.9 Å². The maximum Gasteiger partial charge on any atom is 0.271 e. The number of amides is 1. The van der Waals surface area contributed by atoms with Crippen LogP contribution in [0.4, 0.5) is 0 Å². The largest absolute Gasteiger partial charge is 0.504 e. The summed E-state index contributed by atoms with van der Waals surface area (Å²) in [5.74, 6) is 0.0857. The van der Waals surface area contributed by atoms with Gasteiger partial charge in [0.1, 0.15) is 0 Å². The number of hydrazone groups is 1. The molecule has 0 saturated carbocycles. The zero-order valence-electron chi connectivity index (χ0n) is 14.2. The Kier molecular flexibility index (Phi) is 5.29. The van der Waals surface area contributed by atoms with Crippen LogP contribution in [0, 0.1) is 0 Å². The molecule has 5 nitrogen and oxygen atoms in total. The molecule has 26 heavy (non-hydrogen) atoms. The zero-order valence-corrected chi connectivity index (χ0v) is 14.2. The molecular formula is C21H18N2O3. The quantitative estimate of drug-likeness (QED) is 0.545. The van der Waals surface area contributed by atoms with Crippen molar-refractivity contribution in [3.8, 4) is 22.6 Å². The Hall–Kier alpha value is -3.60. The average Bonchev–Trinajstić information content (AvgIpc) is 2.69. The third-order valence-corrected chi connectivity index (χ3v) is 3.84. The van der Waals surface area contributed by atoms with Crippen molar-refractivity contribution in [2.24, 2.45) is 5.10 Å². The monoisotopic (exact) mass is 346 g/mol. The molecule has 0 fully saturated rings. The summed E-state index contributed by atoms with van der Waals surface area (Å²) in [6, 6.07) is 22.1. The number of carbonyl (C=O) groups excluding carboxylic acids is 1. The molecular weight excluding hydrogens is 328 g/mol. The minimum absolute atomic E-state index is 0.0132. The predicted molar refractivity (Wildman–Crippen MR) is 102 cm³/mol. The lowest BCUT2D eigenvalue weighted by Gasteiger charge is -2.04. The fraction of sp³-hybridized carbons (Fsp3) is 0.0476. The Morgan fingerprint density at radius 1 is 1.00 bits per heavy atom. The van der Waals surface area contributed by atoms with Crippen LogP contribution in [0.2, 0.25) is 0 Å². The number of hydrogen-bond donors (Lipinski definition) is 2. The molecule has 5 heteroatoms. The van der Waals surface area contributed by atoms with Crippen molar-refractivity contribution in [1.82, 2.24) is 5.43 Å². The molecule has 0 unspecified atom stereocenters. The van der Waals surface area contributed by atoms with Crippen molar-refractivity contribution in [1.29, 1.82) is 0 Å². The molecule has 2 N–H and O–H groups in total. The zero-order chi connectivity index (χ0) is 18.4. The first-order chi connectivity index (χ1) is 12.7. The van der Waals surface area contributed by atoms with Gasteiger partial charge in [0.05, 0.1) is 13.3 Å². The SMILES string of the molecule is COc1ccc(C=NNC(=O)c2ccc(-c3ccccc3)cc2)cc1O. The van der Waals surface area contributed by atoms with Crippen LogP contribution in [-0.4, -0.2) is 24.3 Å². The number of nitrogens with one attached hydrogen (secondary N) is 1.